The second-order valence-electron chi connectivity index (χ2n) is 7.51. The van der Waals surface area contributed by atoms with Crippen LogP contribution >= 0.6 is 0 Å². The summed E-state index contributed by atoms with van der Waals surface area (Å²) in [7, 11) is 0. The molecule has 0 atom stereocenters. The molecule has 8 heteroatoms. The van der Waals surface area contributed by atoms with Crippen molar-refractivity contribution in [3.63, 3.8) is 0 Å². The normalized spacial score (nSPS) is 16.7. The number of hydrogen-bond donors (Lipinski definition) is 0. The number of imidazole rings is 1. The van der Waals surface area contributed by atoms with Crippen LogP contribution in [0.2, 0.25) is 0 Å². The lowest BCUT2D eigenvalue weighted by Gasteiger charge is -2.41. The first-order valence-corrected chi connectivity index (χ1v) is 9.62. The van der Waals surface area contributed by atoms with Crippen molar-refractivity contribution in [1.82, 2.24) is 19.3 Å². The molecule has 1 fully saturated rings. The summed E-state index contributed by atoms with van der Waals surface area (Å²) < 4.78 is 43.6. The van der Waals surface area contributed by atoms with Crippen LogP contribution < -0.4 is 0 Å². The van der Waals surface area contributed by atoms with Gasteiger partial charge in [0, 0.05) is 36.7 Å². The minimum absolute atomic E-state index is 0.0556. The summed E-state index contributed by atoms with van der Waals surface area (Å²) in [6, 6.07) is 8.13. The van der Waals surface area contributed by atoms with Gasteiger partial charge < -0.3 is 0 Å². The Kier molecular flexibility index (Phi) is 5.02. The van der Waals surface area contributed by atoms with Gasteiger partial charge in [0.05, 0.1) is 0 Å². The van der Waals surface area contributed by atoms with Gasteiger partial charge in [-0.25, -0.2) is 9.88 Å². The van der Waals surface area contributed by atoms with E-state index in [1.807, 2.05) is 6.07 Å². The maximum absolute atomic E-state index is 14.1. The lowest BCUT2D eigenvalue weighted by atomic mass is 9.69. The first-order valence-electron chi connectivity index (χ1n) is 9.62. The van der Waals surface area contributed by atoms with E-state index in [0.717, 1.165) is 24.8 Å². The zero-order valence-electron chi connectivity index (χ0n) is 15.8. The lowest BCUT2D eigenvalue weighted by Crippen LogP contribution is -2.51. The van der Waals surface area contributed by atoms with Crippen LogP contribution in [0, 0.1) is 0 Å². The zero-order valence-corrected chi connectivity index (χ0v) is 15.8. The molecule has 0 saturated heterocycles. The van der Waals surface area contributed by atoms with E-state index < -0.39 is 24.2 Å². The summed E-state index contributed by atoms with van der Waals surface area (Å²) in [5, 5.41) is 0. The summed E-state index contributed by atoms with van der Waals surface area (Å²) in [6.07, 6.45) is 5.20. The summed E-state index contributed by atoms with van der Waals surface area (Å²) in [5.41, 5.74) is 0.357. The van der Waals surface area contributed by atoms with Gasteiger partial charge in [-0.15, -0.1) is 13.2 Å². The van der Waals surface area contributed by atoms with Gasteiger partial charge in [0.2, 0.25) is 0 Å². The van der Waals surface area contributed by atoms with Crippen LogP contribution in [0.4, 0.5) is 13.2 Å². The van der Waals surface area contributed by atoms with Crippen LogP contribution in [0.3, 0.4) is 0 Å². The van der Waals surface area contributed by atoms with Gasteiger partial charge in [0.1, 0.15) is 11.3 Å². The van der Waals surface area contributed by atoms with Crippen molar-refractivity contribution >= 4 is 11.6 Å². The number of aromatic nitrogens is 3. The molecule has 1 aliphatic rings. The molecule has 0 N–H and O–H groups in total. The highest BCUT2D eigenvalue weighted by atomic mass is 19.4. The average Bonchev–Trinajstić information content (AvgIpc) is 3.21. The highest BCUT2D eigenvalue weighted by Crippen LogP contribution is 2.42. The van der Waals surface area contributed by atoms with Gasteiger partial charge in [-0.05, 0) is 36.6 Å². The number of carbonyl (C=O) groups excluding carboxylic acids is 1. The van der Waals surface area contributed by atoms with E-state index in [9.17, 15) is 18.0 Å². The number of amides is 1. The third-order valence-electron chi connectivity index (χ3n) is 5.74. The van der Waals surface area contributed by atoms with E-state index in [4.69, 9.17) is 0 Å². The van der Waals surface area contributed by atoms with E-state index >= 15 is 0 Å². The van der Waals surface area contributed by atoms with E-state index in [-0.39, 0.29) is 10.6 Å². The Bertz CT molecular complexity index is 994. The second-order valence-corrected chi connectivity index (χ2v) is 7.51. The topological polar surface area (TPSA) is 50.5 Å². The molecule has 1 amide bonds. The van der Waals surface area contributed by atoms with Crippen LogP contribution in [-0.4, -0.2) is 38.0 Å². The van der Waals surface area contributed by atoms with Gasteiger partial charge in [-0.3, -0.25) is 14.2 Å². The summed E-state index contributed by atoms with van der Waals surface area (Å²) in [5.74, 6) is -1.07. The SMILES string of the molecule is O=C(c1cccc2nccn12)N(CC1(c2cccnc2)CCCCC1)C(F)(F)F. The monoisotopic (exact) mass is 402 g/mol. The standard InChI is InChI=1S/C21H21F3N4O/c22-21(23,24)28(19(29)17-7-4-8-18-26-12-13-27(17)18)15-20(9-2-1-3-10-20)16-6-5-11-25-14-16/h4-8,11-14H,1-3,9-10,15H2. The van der Waals surface area contributed by atoms with E-state index in [1.54, 1.807) is 30.6 Å². The van der Waals surface area contributed by atoms with E-state index in [1.165, 1.54) is 22.9 Å². The molecule has 3 heterocycles. The first-order chi connectivity index (χ1) is 13.9. The molecule has 3 aromatic rings. The molecule has 5 nitrogen and oxygen atoms in total. The maximum atomic E-state index is 14.1. The number of fused-ring (bicyclic) bond motifs is 1. The molecule has 29 heavy (non-hydrogen) atoms. The molecule has 0 aliphatic heterocycles. The fourth-order valence-electron chi connectivity index (χ4n) is 4.28. The van der Waals surface area contributed by atoms with Crippen molar-refractivity contribution in [3.05, 3.63) is 66.4 Å². The predicted molar refractivity (Wildman–Crippen MR) is 101 cm³/mol. The predicted octanol–water partition coefficient (Wildman–Crippen LogP) is 4.59. The molecule has 0 radical (unpaired) electrons. The molecule has 0 bridgehead atoms. The van der Waals surface area contributed by atoms with Crippen LogP contribution in [-0.2, 0) is 5.41 Å². The Labute approximate surface area is 166 Å². The molecular weight excluding hydrogens is 381 g/mol. The first kappa shape index (κ1) is 19.4. The summed E-state index contributed by atoms with van der Waals surface area (Å²) in [6.45, 7) is -0.424. The molecule has 1 saturated carbocycles. The van der Waals surface area contributed by atoms with Gasteiger partial charge >= 0.3 is 6.30 Å². The zero-order chi connectivity index (χ0) is 20.5. The van der Waals surface area contributed by atoms with Crippen molar-refractivity contribution in [1.29, 1.82) is 0 Å². The van der Waals surface area contributed by atoms with Gasteiger partial charge in [-0.2, -0.15) is 0 Å². The van der Waals surface area contributed by atoms with Gasteiger partial charge in [0.25, 0.3) is 5.91 Å². The minimum Gasteiger partial charge on any atom is -0.295 e. The van der Waals surface area contributed by atoms with Crippen molar-refractivity contribution in [2.24, 2.45) is 0 Å². The minimum atomic E-state index is -4.80. The molecule has 0 spiro atoms. The lowest BCUT2D eigenvalue weighted by molar-refractivity contribution is -0.229. The van der Waals surface area contributed by atoms with Crippen molar-refractivity contribution in [2.75, 3.05) is 6.54 Å². The maximum Gasteiger partial charge on any atom is 0.487 e. The Morgan fingerprint density at radius 3 is 2.59 bits per heavy atom. The second kappa shape index (κ2) is 7.50. The van der Waals surface area contributed by atoms with Gasteiger partial charge in [0.15, 0.2) is 0 Å². The number of carbonyl (C=O) groups is 1. The highest BCUT2D eigenvalue weighted by molar-refractivity contribution is 5.93. The number of nitrogens with zero attached hydrogens (tertiary/aromatic N) is 4. The Morgan fingerprint density at radius 2 is 1.90 bits per heavy atom. The Balaban J connectivity index is 1.75. The Morgan fingerprint density at radius 1 is 1.10 bits per heavy atom. The van der Waals surface area contributed by atoms with Crippen molar-refractivity contribution in [3.8, 4) is 0 Å². The molecule has 3 aromatic heterocycles. The average molecular weight is 402 g/mol. The largest absolute Gasteiger partial charge is 0.487 e. The van der Waals surface area contributed by atoms with E-state index in [0.29, 0.717) is 18.5 Å². The van der Waals surface area contributed by atoms with Crippen molar-refractivity contribution in [2.45, 2.75) is 43.8 Å². The molecule has 4 rings (SSSR count). The van der Waals surface area contributed by atoms with Crippen molar-refractivity contribution < 1.29 is 18.0 Å². The highest BCUT2D eigenvalue weighted by Gasteiger charge is 2.47. The molecule has 0 aromatic carbocycles. The number of alkyl halides is 3. The van der Waals surface area contributed by atoms with E-state index in [2.05, 4.69) is 9.97 Å². The summed E-state index contributed by atoms with van der Waals surface area (Å²) in [4.78, 5) is 21.3. The number of halogens is 3. The molecule has 0 unspecified atom stereocenters. The number of hydrogen-bond acceptors (Lipinski definition) is 3. The fraction of sp³-hybridized carbons (Fsp3) is 0.381. The number of pyridine rings is 2. The van der Waals surface area contributed by atoms with Crippen LogP contribution in [0.15, 0.2) is 55.1 Å². The molecule has 1 aliphatic carbocycles. The fourth-order valence-corrected chi connectivity index (χ4v) is 4.28. The van der Waals surface area contributed by atoms with Crippen LogP contribution in [0.5, 0.6) is 0 Å². The summed E-state index contributed by atoms with van der Waals surface area (Å²) >= 11 is 0. The molecule has 152 valence electrons. The number of rotatable bonds is 4. The molecular formula is C21H21F3N4O. The van der Waals surface area contributed by atoms with Crippen LogP contribution in [0.1, 0.15) is 48.2 Å². The Hall–Kier alpha value is -2.90. The smallest absolute Gasteiger partial charge is 0.295 e. The third-order valence-corrected chi connectivity index (χ3v) is 5.74. The third kappa shape index (κ3) is 3.71. The van der Waals surface area contributed by atoms with Crippen LogP contribution in [0.25, 0.3) is 5.65 Å². The van der Waals surface area contributed by atoms with Gasteiger partial charge in [-0.1, -0.05) is 31.4 Å². The quantitative estimate of drug-likeness (QED) is 0.600.